The largest absolute Gasteiger partial charge is 0.366 e. The molecule has 1 heterocycles. The van der Waals surface area contributed by atoms with Gasteiger partial charge in [-0.3, -0.25) is 4.79 Å². The SMILES string of the molecule is CCN(CC1CC1)C(=O)[C@@H]1CNCCO1. The molecule has 0 unspecified atom stereocenters. The minimum atomic E-state index is -0.252. The highest BCUT2D eigenvalue weighted by Crippen LogP contribution is 2.29. The molecule has 15 heavy (non-hydrogen) atoms. The van der Waals surface area contributed by atoms with Crippen LogP contribution in [-0.2, 0) is 9.53 Å². The lowest BCUT2D eigenvalue weighted by Gasteiger charge is -2.29. The highest BCUT2D eigenvalue weighted by Gasteiger charge is 2.30. The Bertz CT molecular complexity index is 223. The third kappa shape index (κ3) is 2.92. The van der Waals surface area contributed by atoms with E-state index >= 15 is 0 Å². The number of carbonyl (C=O) groups excluding carboxylic acids is 1. The summed E-state index contributed by atoms with van der Waals surface area (Å²) in [4.78, 5) is 14.0. The smallest absolute Gasteiger partial charge is 0.253 e. The van der Waals surface area contributed by atoms with Crippen molar-refractivity contribution in [2.75, 3.05) is 32.8 Å². The van der Waals surface area contributed by atoms with Gasteiger partial charge in [0, 0.05) is 26.2 Å². The molecule has 1 aliphatic carbocycles. The van der Waals surface area contributed by atoms with Crippen LogP contribution in [0.1, 0.15) is 19.8 Å². The average molecular weight is 212 g/mol. The van der Waals surface area contributed by atoms with Gasteiger partial charge in [-0.1, -0.05) is 0 Å². The van der Waals surface area contributed by atoms with Gasteiger partial charge in [0.2, 0.25) is 0 Å². The molecule has 1 amide bonds. The molecular formula is C11H20N2O2. The maximum Gasteiger partial charge on any atom is 0.253 e. The molecule has 0 spiro atoms. The Morgan fingerprint density at radius 3 is 2.87 bits per heavy atom. The normalized spacial score (nSPS) is 26.3. The van der Waals surface area contributed by atoms with Crippen molar-refractivity contribution in [2.24, 2.45) is 5.92 Å². The summed E-state index contributed by atoms with van der Waals surface area (Å²) in [6.45, 7) is 5.94. The second-order valence-electron chi connectivity index (χ2n) is 4.38. The monoisotopic (exact) mass is 212 g/mol. The van der Waals surface area contributed by atoms with E-state index in [0.29, 0.717) is 13.2 Å². The summed E-state index contributed by atoms with van der Waals surface area (Å²) < 4.78 is 5.47. The molecule has 1 saturated heterocycles. The summed E-state index contributed by atoms with van der Waals surface area (Å²) in [5.74, 6) is 0.919. The van der Waals surface area contributed by atoms with E-state index in [0.717, 1.165) is 25.6 Å². The first-order valence-electron chi connectivity index (χ1n) is 5.92. The molecule has 0 aromatic carbocycles. The molecule has 2 aliphatic rings. The molecular weight excluding hydrogens is 192 g/mol. The Labute approximate surface area is 91.0 Å². The van der Waals surface area contributed by atoms with Gasteiger partial charge in [0.15, 0.2) is 0 Å². The predicted octanol–water partition coefficient (Wildman–Crippen LogP) is 0.233. The fraction of sp³-hybridized carbons (Fsp3) is 0.909. The van der Waals surface area contributed by atoms with Gasteiger partial charge in [-0.2, -0.15) is 0 Å². The fourth-order valence-corrected chi connectivity index (χ4v) is 1.91. The van der Waals surface area contributed by atoms with E-state index in [4.69, 9.17) is 4.74 Å². The topological polar surface area (TPSA) is 41.6 Å². The summed E-state index contributed by atoms with van der Waals surface area (Å²) in [5.41, 5.74) is 0. The zero-order valence-electron chi connectivity index (χ0n) is 9.37. The van der Waals surface area contributed by atoms with Gasteiger partial charge in [0.05, 0.1) is 6.61 Å². The first-order chi connectivity index (χ1) is 7.31. The molecule has 86 valence electrons. The van der Waals surface area contributed by atoms with Crippen LogP contribution >= 0.6 is 0 Å². The van der Waals surface area contributed by atoms with Crippen molar-refractivity contribution < 1.29 is 9.53 Å². The van der Waals surface area contributed by atoms with E-state index in [1.165, 1.54) is 12.8 Å². The second kappa shape index (κ2) is 4.94. The van der Waals surface area contributed by atoms with Gasteiger partial charge in [0.25, 0.3) is 5.91 Å². The highest BCUT2D eigenvalue weighted by atomic mass is 16.5. The van der Waals surface area contributed by atoms with Gasteiger partial charge < -0.3 is 15.0 Å². The van der Waals surface area contributed by atoms with E-state index in [1.807, 2.05) is 11.8 Å². The standard InChI is InChI=1S/C11H20N2O2/c1-2-13(8-9-3-4-9)11(14)10-7-12-5-6-15-10/h9-10,12H,2-8H2,1H3/t10-/m0/s1. The lowest BCUT2D eigenvalue weighted by Crippen LogP contribution is -2.49. The second-order valence-corrected chi connectivity index (χ2v) is 4.38. The fourth-order valence-electron chi connectivity index (χ4n) is 1.91. The van der Waals surface area contributed by atoms with Crippen LogP contribution < -0.4 is 5.32 Å². The summed E-state index contributed by atoms with van der Waals surface area (Å²) in [6, 6.07) is 0. The van der Waals surface area contributed by atoms with Crippen molar-refractivity contribution in [3.8, 4) is 0 Å². The Morgan fingerprint density at radius 1 is 1.53 bits per heavy atom. The third-order valence-corrected chi connectivity index (χ3v) is 3.07. The van der Waals surface area contributed by atoms with Crippen LogP contribution in [-0.4, -0.2) is 49.7 Å². The van der Waals surface area contributed by atoms with Crippen LogP contribution in [0.25, 0.3) is 0 Å². The molecule has 0 aromatic heterocycles. The van der Waals surface area contributed by atoms with Crippen LogP contribution in [0.4, 0.5) is 0 Å². The number of nitrogens with zero attached hydrogens (tertiary/aromatic N) is 1. The molecule has 1 atom stereocenters. The molecule has 0 aromatic rings. The number of ether oxygens (including phenoxy) is 1. The van der Waals surface area contributed by atoms with Gasteiger partial charge in [-0.25, -0.2) is 0 Å². The van der Waals surface area contributed by atoms with Crippen molar-refractivity contribution in [1.29, 1.82) is 0 Å². The molecule has 1 aliphatic heterocycles. The molecule has 1 saturated carbocycles. The minimum absolute atomic E-state index is 0.164. The van der Waals surface area contributed by atoms with Gasteiger partial charge in [0.1, 0.15) is 6.10 Å². The lowest BCUT2D eigenvalue weighted by atomic mass is 10.2. The molecule has 0 radical (unpaired) electrons. The number of morpholine rings is 1. The van der Waals surface area contributed by atoms with Crippen LogP contribution in [0.3, 0.4) is 0 Å². The summed E-state index contributed by atoms with van der Waals surface area (Å²) in [5, 5.41) is 3.19. The Balaban J connectivity index is 1.84. The quantitative estimate of drug-likeness (QED) is 0.725. The van der Waals surface area contributed by atoms with Crippen molar-refractivity contribution >= 4 is 5.91 Å². The maximum absolute atomic E-state index is 12.1. The van der Waals surface area contributed by atoms with Crippen LogP contribution in [0.15, 0.2) is 0 Å². The summed E-state index contributed by atoms with van der Waals surface area (Å²) in [6.07, 6.45) is 2.32. The highest BCUT2D eigenvalue weighted by molar-refractivity contribution is 5.81. The van der Waals surface area contributed by atoms with Gasteiger partial charge in [-0.05, 0) is 25.7 Å². The van der Waals surface area contributed by atoms with E-state index in [-0.39, 0.29) is 12.0 Å². The zero-order valence-corrected chi connectivity index (χ0v) is 9.37. The van der Waals surface area contributed by atoms with Crippen molar-refractivity contribution in [1.82, 2.24) is 10.2 Å². The Morgan fingerprint density at radius 2 is 2.33 bits per heavy atom. The van der Waals surface area contributed by atoms with Crippen LogP contribution in [0.5, 0.6) is 0 Å². The van der Waals surface area contributed by atoms with Gasteiger partial charge in [-0.15, -0.1) is 0 Å². The summed E-state index contributed by atoms with van der Waals surface area (Å²) in [7, 11) is 0. The predicted molar refractivity (Wildman–Crippen MR) is 57.6 cm³/mol. The number of hydrogen-bond acceptors (Lipinski definition) is 3. The Kier molecular flexibility index (Phi) is 3.59. The first kappa shape index (κ1) is 10.9. The number of nitrogens with one attached hydrogen (secondary N) is 1. The van der Waals surface area contributed by atoms with Crippen LogP contribution in [0.2, 0.25) is 0 Å². The molecule has 4 nitrogen and oxygen atoms in total. The molecule has 2 rings (SSSR count). The Hall–Kier alpha value is -0.610. The summed E-state index contributed by atoms with van der Waals surface area (Å²) >= 11 is 0. The van der Waals surface area contributed by atoms with Crippen molar-refractivity contribution in [2.45, 2.75) is 25.9 Å². The maximum atomic E-state index is 12.1. The molecule has 1 N–H and O–H groups in total. The van der Waals surface area contributed by atoms with E-state index in [1.54, 1.807) is 0 Å². The van der Waals surface area contributed by atoms with Crippen molar-refractivity contribution in [3.63, 3.8) is 0 Å². The van der Waals surface area contributed by atoms with E-state index in [9.17, 15) is 4.79 Å². The first-order valence-corrected chi connectivity index (χ1v) is 5.92. The van der Waals surface area contributed by atoms with E-state index in [2.05, 4.69) is 5.32 Å². The minimum Gasteiger partial charge on any atom is -0.366 e. The van der Waals surface area contributed by atoms with Crippen molar-refractivity contribution in [3.05, 3.63) is 0 Å². The molecule has 2 fully saturated rings. The lowest BCUT2D eigenvalue weighted by molar-refractivity contribution is -0.145. The molecule has 4 heteroatoms. The number of likely N-dealkylation sites (N-methyl/N-ethyl adjacent to an activating group) is 1. The van der Waals surface area contributed by atoms with E-state index < -0.39 is 0 Å². The molecule has 0 bridgehead atoms. The number of hydrogen-bond donors (Lipinski definition) is 1. The third-order valence-electron chi connectivity index (χ3n) is 3.07. The van der Waals surface area contributed by atoms with Crippen LogP contribution in [0, 0.1) is 5.92 Å². The number of rotatable bonds is 4. The zero-order chi connectivity index (χ0) is 10.7. The number of amides is 1. The van der Waals surface area contributed by atoms with Gasteiger partial charge >= 0.3 is 0 Å². The average Bonchev–Trinajstić information content (AvgIpc) is 3.10. The number of carbonyl (C=O) groups is 1.